The third kappa shape index (κ3) is 3.25. The number of carbonyl (C=O) groups is 1. The van der Waals surface area contributed by atoms with Gasteiger partial charge in [-0.05, 0) is 47.5 Å². The van der Waals surface area contributed by atoms with Gasteiger partial charge in [-0.15, -0.1) is 26.6 Å². The number of aryl methyl sites for hydroxylation is 1. The minimum absolute atomic E-state index is 0.107. The van der Waals surface area contributed by atoms with E-state index in [0.29, 0.717) is 6.54 Å². The number of amides is 1. The van der Waals surface area contributed by atoms with E-state index in [9.17, 15) is 4.79 Å². The third-order valence-corrected chi connectivity index (χ3v) is 5.97. The summed E-state index contributed by atoms with van der Waals surface area (Å²) in [5.74, 6) is 1.77. The Labute approximate surface area is 157 Å². The highest BCUT2D eigenvalue weighted by Crippen LogP contribution is 2.22. The zero-order valence-corrected chi connectivity index (χ0v) is 16.1. The number of anilines is 1. The van der Waals surface area contributed by atoms with E-state index in [4.69, 9.17) is 0 Å². The van der Waals surface area contributed by atoms with Crippen molar-refractivity contribution in [1.29, 1.82) is 0 Å². The van der Waals surface area contributed by atoms with Crippen molar-refractivity contribution in [3.8, 4) is 0 Å². The smallest absolute Gasteiger partial charge is 0.264 e. The van der Waals surface area contributed by atoms with Crippen LogP contribution in [0.2, 0.25) is 0 Å². The first kappa shape index (κ1) is 16.5. The molecule has 0 N–H and O–H groups in total. The second-order valence-corrected chi connectivity index (χ2v) is 7.80. The molecule has 3 aromatic heterocycles. The zero-order chi connectivity index (χ0) is 17.4. The molecule has 0 bridgehead atoms. The minimum Gasteiger partial charge on any atom is -0.353 e. The normalized spacial score (nSPS) is 15.6. The van der Waals surface area contributed by atoms with Crippen LogP contribution in [-0.2, 0) is 0 Å². The molecule has 1 amide bonds. The monoisotopic (exact) mass is 420 g/mol. The number of thiophene rings is 1. The van der Waals surface area contributed by atoms with Crippen LogP contribution in [0.5, 0.6) is 0 Å². The van der Waals surface area contributed by atoms with E-state index in [1.54, 1.807) is 4.52 Å². The lowest BCUT2D eigenvalue weighted by Gasteiger charge is -2.22. The Bertz CT molecular complexity index is 922. The van der Waals surface area contributed by atoms with E-state index in [1.807, 2.05) is 35.4 Å². The van der Waals surface area contributed by atoms with Crippen molar-refractivity contribution in [3.05, 3.63) is 38.8 Å². The Hall–Kier alpha value is -2.00. The summed E-state index contributed by atoms with van der Waals surface area (Å²) in [4.78, 5) is 17.6. The fraction of sp³-hybridized carbons (Fsp3) is 0.375. The number of nitrogens with zero attached hydrogens (tertiary/aromatic N) is 6. The zero-order valence-electron chi connectivity index (χ0n) is 13.7. The molecule has 4 rings (SSSR count). The number of carbonyl (C=O) groups excluding carboxylic acids is 1. The molecular formula is C16H17BrN6OS. The van der Waals surface area contributed by atoms with Gasteiger partial charge in [0.25, 0.3) is 5.91 Å². The molecule has 7 nitrogen and oxygen atoms in total. The lowest BCUT2D eigenvalue weighted by atomic mass is 10.3. The quantitative estimate of drug-likeness (QED) is 0.637. The predicted octanol–water partition coefficient (Wildman–Crippen LogP) is 2.61. The molecule has 1 aliphatic heterocycles. The summed E-state index contributed by atoms with van der Waals surface area (Å²) < 4.78 is 2.71. The van der Waals surface area contributed by atoms with Crippen molar-refractivity contribution in [1.82, 2.24) is 24.7 Å². The number of hydrogen-bond donors (Lipinski definition) is 0. The van der Waals surface area contributed by atoms with Crippen molar-refractivity contribution >= 4 is 44.6 Å². The first-order valence-electron chi connectivity index (χ1n) is 8.09. The largest absolute Gasteiger partial charge is 0.353 e. The molecule has 9 heteroatoms. The van der Waals surface area contributed by atoms with E-state index in [1.165, 1.54) is 11.3 Å². The molecule has 0 spiro atoms. The lowest BCUT2D eigenvalue weighted by molar-refractivity contribution is 0.0772. The van der Waals surface area contributed by atoms with Crippen LogP contribution >= 0.6 is 27.3 Å². The summed E-state index contributed by atoms with van der Waals surface area (Å²) in [5, 5.41) is 14.7. The maximum Gasteiger partial charge on any atom is 0.264 e. The highest BCUT2D eigenvalue weighted by Gasteiger charge is 2.22. The number of hydrogen-bond acceptors (Lipinski definition) is 6. The minimum atomic E-state index is 0.107. The maximum absolute atomic E-state index is 12.7. The molecular weight excluding hydrogens is 404 g/mol. The van der Waals surface area contributed by atoms with Gasteiger partial charge in [-0.3, -0.25) is 4.79 Å². The molecule has 0 atom stereocenters. The van der Waals surface area contributed by atoms with Gasteiger partial charge in [0.05, 0.1) is 4.88 Å². The molecule has 1 fully saturated rings. The van der Waals surface area contributed by atoms with Gasteiger partial charge in [-0.2, -0.15) is 4.52 Å². The van der Waals surface area contributed by atoms with Crippen molar-refractivity contribution in [3.63, 3.8) is 0 Å². The van der Waals surface area contributed by atoms with Crippen LogP contribution in [-0.4, -0.2) is 56.8 Å². The van der Waals surface area contributed by atoms with E-state index in [2.05, 4.69) is 36.1 Å². The average Bonchev–Trinajstić information content (AvgIpc) is 3.12. The van der Waals surface area contributed by atoms with Crippen LogP contribution < -0.4 is 4.90 Å². The van der Waals surface area contributed by atoms with Gasteiger partial charge < -0.3 is 9.80 Å². The van der Waals surface area contributed by atoms with Gasteiger partial charge in [-0.25, -0.2) is 0 Å². The van der Waals surface area contributed by atoms with Gasteiger partial charge in [0.1, 0.15) is 5.82 Å². The van der Waals surface area contributed by atoms with E-state index < -0.39 is 0 Å². The number of fused-ring (bicyclic) bond motifs is 1. The maximum atomic E-state index is 12.7. The highest BCUT2D eigenvalue weighted by molar-refractivity contribution is 9.10. The van der Waals surface area contributed by atoms with Crippen LogP contribution in [0.25, 0.3) is 5.65 Å². The molecule has 130 valence electrons. The van der Waals surface area contributed by atoms with Gasteiger partial charge >= 0.3 is 0 Å². The Kier molecular flexibility index (Phi) is 4.43. The number of aromatic nitrogens is 4. The average molecular weight is 421 g/mol. The molecule has 0 saturated carbocycles. The van der Waals surface area contributed by atoms with E-state index in [0.717, 1.165) is 52.7 Å². The van der Waals surface area contributed by atoms with Gasteiger partial charge in [0, 0.05) is 36.0 Å². The van der Waals surface area contributed by atoms with Gasteiger partial charge in [0.15, 0.2) is 11.5 Å². The fourth-order valence-corrected chi connectivity index (χ4v) is 4.38. The molecule has 1 saturated heterocycles. The Morgan fingerprint density at radius 2 is 2.08 bits per heavy atom. The molecule has 0 unspecified atom stereocenters. The van der Waals surface area contributed by atoms with Crippen LogP contribution in [0.4, 0.5) is 5.82 Å². The SMILES string of the molecule is Cc1nnc2ccc(N3CCCN(C(=O)c4cc(Br)cs4)CC3)nn12. The number of rotatable bonds is 2. The van der Waals surface area contributed by atoms with Crippen LogP contribution in [0.15, 0.2) is 28.1 Å². The van der Waals surface area contributed by atoms with E-state index >= 15 is 0 Å². The Morgan fingerprint density at radius 1 is 1.20 bits per heavy atom. The molecule has 0 aliphatic carbocycles. The number of halogens is 1. The van der Waals surface area contributed by atoms with Crippen LogP contribution in [0.1, 0.15) is 21.9 Å². The van der Waals surface area contributed by atoms with Gasteiger partial charge in [0.2, 0.25) is 0 Å². The molecule has 25 heavy (non-hydrogen) atoms. The summed E-state index contributed by atoms with van der Waals surface area (Å²) >= 11 is 4.89. The van der Waals surface area contributed by atoms with Crippen molar-refractivity contribution in [2.45, 2.75) is 13.3 Å². The highest BCUT2D eigenvalue weighted by atomic mass is 79.9. The summed E-state index contributed by atoms with van der Waals surface area (Å²) in [7, 11) is 0. The first-order chi connectivity index (χ1) is 12.1. The van der Waals surface area contributed by atoms with Gasteiger partial charge in [-0.1, -0.05) is 0 Å². The van der Waals surface area contributed by atoms with E-state index in [-0.39, 0.29) is 5.91 Å². The van der Waals surface area contributed by atoms with Crippen LogP contribution in [0.3, 0.4) is 0 Å². The van der Waals surface area contributed by atoms with Crippen LogP contribution in [0, 0.1) is 6.92 Å². The molecule has 3 aromatic rings. The van der Waals surface area contributed by atoms with Crippen molar-refractivity contribution < 1.29 is 4.79 Å². The first-order valence-corrected chi connectivity index (χ1v) is 9.76. The third-order valence-electron chi connectivity index (χ3n) is 4.29. The standard InChI is InChI=1S/C16H17BrN6OS/c1-11-18-19-14-3-4-15(20-23(11)14)21-5-2-6-22(8-7-21)16(24)13-9-12(17)10-25-13/h3-4,9-10H,2,5-8H2,1H3. The predicted molar refractivity (Wildman–Crippen MR) is 100 cm³/mol. The molecule has 0 radical (unpaired) electrons. The van der Waals surface area contributed by atoms with Crippen molar-refractivity contribution in [2.75, 3.05) is 31.1 Å². The summed E-state index contributed by atoms with van der Waals surface area (Å²) in [6.45, 7) is 4.97. The molecule has 4 heterocycles. The second kappa shape index (κ2) is 6.72. The molecule has 0 aromatic carbocycles. The Morgan fingerprint density at radius 3 is 2.88 bits per heavy atom. The summed E-state index contributed by atoms with van der Waals surface area (Å²) in [5.41, 5.74) is 0.746. The summed E-state index contributed by atoms with van der Waals surface area (Å²) in [6, 6.07) is 5.79. The topological polar surface area (TPSA) is 66.6 Å². The summed E-state index contributed by atoms with van der Waals surface area (Å²) in [6.07, 6.45) is 0.916. The lowest BCUT2D eigenvalue weighted by Crippen LogP contribution is -2.35. The Balaban J connectivity index is 1.50. The fourth-order valence-electron chi connectivity index (χ4n) is 2.99. The second-order valence-electron chi connectivity index (χ2n) is 5.97. The van der Waals surface area contributed by atoms with Crippen molar-refractivity contribution in [2.24, 2.45) is 0 Å². The molecule has 1 aliphatic rings.